The summed E-state index contributed by atoms with van der Waals surface area (Å²) in [6.07, 6.45) is 2.37. The average molecular weight is 389 g/mol. The fourth-order valence-electron chi connectivity index (χ4n) is 3.26. The molecule has 0 spiro atoms. The van der Waals surface area contributed by atoms with Gasteiger partial charge in [0.15, 0.2) is 16.9 Å². The molecule has 7 nitrogen and oxygen atoms in total. The molecule has 28 heavy (non-hydrogen) atoms. The zero-order valence-electron chi connectivity index (χ0n) is 16.5. The van der Waals surface area contributed by atoms with Gasteiger partial charge in [-0.3, -0.25) is 9.59 Å². The highest BCUT2D eigenvalue weighted by molar-refractivity contribution is 5.78. The molecule has 2 N–H and O–H groups in total. The molecule has 1 aliphatic rings. The molecule has 1 aromatic rings. The van der Waals surface area contributed by atoms with Gasteiger partial charge in [-0.25, -0.2) is 0 Å². The first kappa shape index (κ1) is 21.5. The molecule has 0 amide bonds. The summed E-state index contributed by atoms with van der Waals surface area (Å²) in [7, 11) is 1.54. The monoisotopic (exact) mass is 389 g/mol. The predicted octanol–water partition coefficient (Wildman–Crippen LogP) is 3.68. The van der Waals surface area contributed by atoms with Crippen LogP contribution in [0, 0.1) is 28.6 Å². The van der Waals surface area contributed by atoms with Crippen molar-refractivity contribution in [2.75, 3.05) is 13.7 Å². The minimum absolute atomic E-state index is 0.125. The van der Waals surface area contributed by atoms with Gasteiger partial charge in [-0.05, 0) is 61.6 Å². The van der Waals surface area contributed by atoms with Crippen LogP contribution in [0.25, 0.3) is 0 Å². The second-order valence-electron chi connectivity index (χ2n) is 7.61. The number of hydrogen-bond acceptors (Lipinski definition) is 5. The first-order chi connectivity index (χ1) is 13.2. The number of methoxy groups -OCH3 is 1. The predicted molar refractivity (Wildman–Crippen MR) is 101 cm³/mol. The molecule has 1 aliphatic carbocycles. The van der Waals surface area contributed by atoms with Gasteiger partial charge in [0.2, 0.25) is 0 Å². The summed E-state index contributed by atoms with van der Waals surface area (Å²) in [6.45, 7) is 3.64. The van der Waals surface area contributed by atoms with Crippen LogP contribution in [0.1, 0.15) is 51.0 Å². The van der Waals surface area contributed by atoms with E-state index in [-0.39, 0.29) is 12.8 Å². The second kappa shape index (κ2) is 8.96. The van der Waals surface area contributed by atoms with E-state index in [1.807, 2.05) is 6.07 Å². The molecule has 3 unspecified atom stereocenters. The van der Waals surface area contributed by atoms with Crippen LogP contribution in [0.3, 0.4) is 0 Å². The van der Waals surface area contributed by atoms with Crippen molar-refractivity contribution in [3.05, 3.63) is 23.8 Å². The summed E-state index contributed by atoms with van der Waals surface area (Å²) >= 11 is 0. The Hall–Kier alpha value is -2.75. The average Bonchev–Trinajstić information content (AvgIpc) is 3.49. The standard InChI is InChI=1S/C21H27NO6/c1-13(21(2,12-22)20(25)26)16(7-9-19(23)24)15-6-8-17(27-3)18(10-15)28-11-14-4-5-14/h6,8,10,13-14,16H,4-5,7,9,11H2,1-3H3,(H,23,24)(H,25,26). The summed E-state index contributed by atoms with van der Waals surface area (Å²) in [6, 6.07) is 7.20. The lowest BCUT2D eigenvalue weighted by Crippen LogP contribution is -2.36. The van der Waals surface area contributed by atoms with E-state index in [9.17, 15) is 20.0 Å². The van der Waals surface area contributed by atoms with Crippen molar-refractivity contribution in [2.45, 2.75) is 45.4 Å². The van der Waals surface area contributed by atoms with Crippen molar-refractivity contribution in [3.63, 3.8) is 0 Å². The first-order valence-electron chi connectivity index (χ1n) is 9.40. The number of carboxylic acid groups (broad SMARTS) is 2. The summed E-state index contributed by atoms with van der Waals surface area (Å²) in [5.41, 5.74) is -0.902. The van der Waals surface area contributed by atoms with E-state index in [1.165, 1.54) is 6.92 Å². The molecule has 2 rings (SSSR count). The van der Waals surface area contributed by atoms with Crippen LogP contribution in [0.2, 0.25) is 0 Å². The number of benzene rings is 1. The Morgan fingerprint density at radius 1 is 1.32 bits per heavy atom. The van der Waals surface area contributed by atoms with Gasteiger partial charge in [0.05, 0.1) is 19.8 Å². The highest BCUT2D eigenvalue weighted by Crippen LogP contribution is 2.43. The Morgan fingerprint density at radius 3 is 2.50 bits per heavy atom. The number of nitrogens with zero attached hydrogens (tertiary/aromatic N) is 1. The maximum absolute atomic E-state index is 11.7. The third kappa shape index (κ3) is 4.94. The largest absolute Gasteiger partial charge is 0.493 e. The third-order valence-corrected chi connectivity index (χ3v) is 5.65. The SMILES string of the molecule is COc1ccc(C(CCC(=O)O)C(C)C(C)(C#N)C(=O)O)cc1OCC1CC1. The van der Waals surface area contributed by atoms with Crippen LogP contribution in [-0.2, 0) is 9.59 Å². The molecule has 0 saturated heterocycles. The van der Waals surface area contributed by atoms with E-state index in [4.69, 9.17) is 14.6 Å². The summed E-state index contributed by atoms with van der Waals surface area (Å²) in [5.74, 6) is -1.58. The smallest absolute Gasteiger partial charge is 0.324 e. The minimum atomic E-state index is -1.64. The van der Waals surface area contributed by atoms with Gasteiger partial charge in [0.1, 0.15) is 0 Å². The highest BCUT2D eigenvalue weighted by atomic mass is 16.5. The molecular weight excluding hydrogens is 362 g/mol. The molecule has 1 saturated carbocycles. The maximum atomic E-state index is 11.7. The van der Waals surface area contributed by atoms with Crippen LogP contribution in [0.5, 0.6) is 11.5 Å². The lowest BCUT2D eigenvalue weighted by Gasteiger charge is -2.32. The van der Waals surface area contributed by atoms with Gasteiger partial charge in [0, 0.05) is 6.42 Å². The normalized spacial score (nSPS) is 17.6. The summed E-state index contributed by atoms with van der Waals surface area (Å²) in [4.78, 5) is 22.9. The number of carboxylic acids is 2. The Balaban J connectivity index is 2.38. The summed E-state index contributed by atoms with van der Waals surface area (Å²) < 4.78 is 11.2. The number of nitriles is 1. The van der Waals surface area contributed by atoms with E-state index < -0.39 is 29.2 Å². The zero-order valence-corrected chi connectivity index (χ0v) is 16.5. The van der Waals surface area contributed by atoms with Crippen LogP contribution < -0.4 is 9.47 Å². The van der Waals surface area contributed by atoms with E-state index in [1.54, 1.807) is 32.2 Å². The molecule has 0 radical (unpaired) electrons. The number of rotatable bonds is 11. The number of carbonyl (C=O) groups is 2. The van der Waals surface area contributed by atoms with Gasteiger partial charge < -0.3 is 19.7 Å². The Morgan fingerprint density at radius 2 is 2.00 bits per heavy atom. The van der Waals surface area contributed by atoms with E-state index in [0.717, 1.165) is 18.4 Å². The van der Waals surface area contributed by atoms with Crippen LogP contribution in [0.4, 0.5) is 0 Å². The lowest BCUT2D eigenvalue weighted by atomic mass is 9.69. The topological polar surface area (TPSA) is 117 Å². The van der Waals surface area contributed by atoms with Crippen molar-refractivity contribution < 1.29 is 29.3 Å². The van der Waals surface area contributed by atoms with Crippen molar-refractivity contribution in [1.29, 1.82) is 5.26 Å². The van der Waals surface area contributed by atoms with Gasteiger partial charge in [-0.1, -0.05) is 13.0 Å². The van der Waals surface area contributed by atoms with Gasteiger partial charge in [0.25, 0.3) is 0 Å². The molecule has 1 fully saturated rings. The first-order valence-corrected chi connectivity index (χ1v) is 9.40. The molecule has 0 bridgehead atoms. The molecule has 0 aliphatic heterocycles. The van der Waals surface area contributed by atoms with Crippen molar-refractivity contribution >= 4 is 11.9 Å². The maximum Gasteiger partial charge on any atom is 0.324 e. The molecule has 1 aromatic carbocycles. The molecular formula is C21H27NO6. The van der Waals surface area contributed by atoms with E-state index in [0.29, 0.717) is 24.0 Å². The number of ether oxygens (including phenoxy) is 2. The Kier molecular flexibility index (Phi) is 6.90. The second-order valence-corrected chi connectivity index (χ2v) is 7.61. The molecule has 7 heteroatoms. The van der Waals surface area contributed by atoms with Gasteiger partial charge >= 0.3 is 11.9 Å². The van der Waals surface area contributed by atoms with E-state index >= 15 is 0 Å². The van der Waals surface area contributed by atoms with Crippen LogP contribution in [0.15, 0.2) is 18.2 Å². The van der Waals surface area contributed by atoms with Crippen molar-refractivity contribution in [2.24, 2.45) is 17.3 Å². The van der Waals surface area contributed by atoms with Crippen molar-refractivity contribution in [1.82, 2.24) is 0 Å². The van der Waals surface area contributed by atoms with Crippen molar-refractivity contribution in [3.8, 4) is 17.6 Å². The fourth-order valence-corrected chi connectivity index (χ4v) is 3.26. The number of hydrogen-bond donors (Lipinski definition) is 2. The molecule has 0 heterocycles. The van der Waals surface area contributed by atoms with Crippen LogP contribution in [-0.4, -0.2) is 35.9 Å². The Labute approximate surface area is 164 Å². The Bertz CT molecular complexity index is 767. The fraction of sp³-hybridized carbons (Fsp3) is 0.571. The van der Waals surface area contributed by atoms with Crippen LogP contribution >= 0.6 is 0 Å². The van der Waals surface area contributed by atoms with Gasteiger partial charge in [-0.15, -0.1) is 0 Å². The quantitative estimate of drug-likeness (QED) is 0.593. The van der Waals surface area contributed by atoms with Gasteiger partial charge in [-0.2, -0.15) is 5.26 Å². The number of aliphatic carboxylic acids is 2. The zero-order chi connectivity index (χ0) is 20.9. The molecule has 152 valence electrons. The minimum Gasteiger partial charge on any atom is -0.493 e. The molecule has 3 atom stereocenters. The molecule has 0 aromatic heterocycles. The summed E-state index contributed by atoms with van der Waals surface area (Å²) in [5, 5.41) is 28.2. The lowest BCUT2D eigenvalue weighted by molar-refractivity contribution is -0.147. The highest BCUT2D eigenvalue weighted by Gasteiger charge is 2.43. The van der Waals surface area contributed by atoms with E-state index in [2.05, 4.69) is 0 Å². The third-order valence-electron chi connectivity index (χ3n) is 5.65.